The van der Waals surface area contributed by atoms with Crippen molar-refractivity contribution < 1.29 is 13.2 Å². The Morgan fingerprint density at radius 3 is 2.45 bits per heavy atom. The Morgan fingerprint density at radius 2 is 1.77 bits per heavy atom. The van der Waals surface area contributed by atoms with Crippen LogP contribution in [0.4, 0.5) is 19.0 Å². The van der Waals surface area contributed by atoms with Crippen molar-refractivity contribution in [2.24, 2.45) is 0 Å². The lowest BCUT2D eigenvalue weighted by Gasteiger charge is -2.15. The second-order valence-electron chi connectivity index (χ2n) is 4.79. The quantitative estimate of drug-likeness (QED) is 0.806. The van der Waals surface area contributed by atoms with Crippen LogP contribution in [0, 0.1) is 0 Å². The van der Waals surface area contributed by atoms with Gasteiger partial charge in [0.1, 0.15) is 5.82 Å². The minimum absolute atomic E-state index is 0.0465. The number of benzene rings is 1. The largest absolute Gasteiger partial charge is 0.453 e. The summed E-state index contributed by atoms with van der Waals surface area (Å²) in [6.07, 6.45) is -4.60. The molecule has 1 atom stereocenters. The molecule has 22 heavy (non-hydrogen) atoms. The number of aromatic nitrogens is 4. The van der Waals surface area contributed by atoms with Gasteiger partial charge < -0.3 is 5.32 Å². The van der Waals surface area contributed by atoms with Gasteiger partial charge in [-0.15, -0.1) is 15.3 Å². The summed E-state index contributed by atoms with van der Waals surface area (Å²) in [4.78, 5) is 0. The van der Waals surface area contributed by atoms with Crippen LogP contribution in [-0.2, 0) is 6.18 Å². The zero-order chi connectivity index (χ0) is 15.7. The highest BCUT2D eigenvalue weighted by Gasteiger charge is 2.37. The lowest BCUT2D eigenvalue weighted by atomic mass is 10.1. The van der Waals surface area contributed by atoms with E-state index in [-0.39, 0.29) is 11.7 Å². The van der Waals surface area contributed by atoms with Gasteiger partial charge in [-0.05, 0) is 24.6 Å². The predicted molar refractivity (Wildman–Crippen MR) is 74.3 cm³/mol. The van der Waals surface area contributed by atoms with Crippen LogP contribution in [-0.4, -0.2) is 19.8 Å². The van der Waals surface area contributed by atoms with Crippen molar-refractivity contribution in [2.45, 2.75) is 19.1 Å². The molecule has 114 valence electrons. The van der Waals surface area contributed by atoms with E-state index < -0.39 is 12.0 Å². The molecule has 5 nitrogen and oxygen atoms in total. The summed E-state index contributed by atoms with van der Waals surface area (Å²) in [6, 6.07) is 12.5. The van der Waals surface area contributed by atoms with Gasteiger partial charge in [-0.2, -0.15) is 17.7 Å². The number of fused-ring (bicyclic) bond motifs is 1. The van der Waals surface area contributed by atoms with Crippen molar-refractivity contribution in [1.29, 1.82) is 0 Å². The molecule has 8 heteroatoms. The molecule has 0 aliphatic heterocycles. The van der Waals surface area contributed by atoms with Crippen molar-refractivity contribution >= 4 is 11.5 Å². The van der Waals surface area contributed by atoms with E-state index in [1.165, 1.54) is 6.07 Å². The van der Waals surface area contributed by atoms with Crippen LogP contribution in [0.5, 0.6) is 0 Å². The average molecular weight is 307 g/mol. The highest BCUT2D eigenvalue weighted by Crippen LogP contribution is 2.28. The standard InChI is InChI=1S/C14H12F3N5/c1-9(10-5-3-2-4-6-10)18-11-7-8-12-19-20-13(14(15,16)17)22(12)21-11/h2-9H,1H3,(H,18,21). The van der Waals surface area contributed by atoms with Crippen molar-refractivity contribution in [3.63, 3.8) is 0 Å². The van der Waals surface area contributed by atoms with Gasteiger partial charge in [0.05, 0.1) is 0 Å². The Morgan fingerprint density at radius 1 is 1.05 bits per heavy atom. The molecule has 3 aromatic rings. The SMILES string of the molecule is CC(Nc1ccc2nnc(C(F)(F)F)n2n1)c1ccccc1. The Bertz CT molecular complexity index is 782. The number of hydrogen-bond donors (Lipinski definition) is 1. The fourth-order valence-corrected chi connectivity index (χ4v) is 2.09. The number of hydrogen-bond acceptors (Lipinski definition) is 4. The lowest BCUT2D eigenvalue weighted by molar-refractivity contribution is -0.146. The number of nitrogens with zero attached hydrogens (tertiary/aromatic N) is 4. The van der Waals surface area contributed by atoms with E-state index in [2.05, 4.69) is 20.6 Å². The molecule has 1 unspecified atom stereocenters. The molecule has 3 rings (SSSR count). The first-order chi connectivity index (χ1) is 10.4. The van der Waals surface area contributed by atoms with Gasteiger partial charge >= 0.3 is 6.18 Å². The van der Waals surface area contributed by atoms with E-state index in [9.17, 15) is 13.2 Å². The maximum absolute atomic E-state index is 12.8. The van der Waals surface area contributed by atoms with Crippen LogP contribution in [0.15, 0.2) is 42.5 Å². The lowest BCUT2D eigenvalue weighted by Crippen LogP contribution is -2.14. The van der Waals surface area contributed by atoms with E-state index in [1.807, 2.05) is 37.3 Å². The molecule has 0 fully saturated rings. The third-order valence-electron chi connectivity index (χ3n) is 3.18. The van der Waals surface area contributed by atoms with E-state index in [4.69, 9.17) is 0 Å². The Hall–Kier alpha value is -2.64. The molecule has 0 radical (unpaired) electrons. The van der Waals surface area contributed by atoms with Gasteiger partial charge in [-0.3, -0.25) is 0 Å². The maximum atomic E-state index is 12.8. The number of alkyl halides is 3. The first kappa shape index (κ1) is 14.3. The smallest absolute Gasteiger partial charge is 0.362 e. The highest BCUT2D eigenvalue weighted by atomic mass is 19.4. The fourth-order valence-electron chi connectivity index (χ4n) is 2.09. The predicted octanol–water partition coefficient (Wildman–Crippen LogP) is 3.32. The van der Waals surface area contributed by atoms with Gasteiger partial charge in [0.25, 0.3) is 5.82 Å². The van der Waals surface area contributed by atoms with E-state index in [0.29, 0.717) is 10.3 Å². The van der Waals surface area contributed by atoms with Crippen molar-refractivity contribution in [3.05, 3.63) is 53.9 Å². The van der Waals surface area contributed by atoms with Gasteiger partial charge in [0.2, 0.25) is 0 Å². The van der Waals surface area contributed by atoms with Gasteiger partial charge in [0.15, 0.2) is 5.65 Å². The molecular formula is C14H12F3N5. The van der Waals surface area contributed by atoms with Crippen LogP contribution < -0.4 is 5.32 Å². The minimum Gasteiger partial charge on any atom is -0.362 e. The topological polar surface area (TPSA) is 55.1 Å². The molecule has 0 amide bonds. The molecule has 0 saturated heterocycles. The van der Waals surface area contributed by atoms with Crippen LogP contribution in [0.2, 0.25) is 0 Å². The van der Waals surface area contributed by atoms with Crippen molar-refractivity contribution in [2.75, 3.05) is 5.32 Å². The number of rotatable bonds is 3. The Kier molecular flexibility index (Phi) is 3.44. The van der Waals surface area contributed by atoms with Gasteiger partial charge in [0, 0.05) is 6.04 Å². The number of halogens is 3. The molecular weight excluding hydrogens is 295 g/mol. The van der Waals surface area contributed by atoms with E-state index >= 15 is 0 Å². The van der Waals surface area contributed by atoms with E-state index in [0.717, 1.165) is 5.56 Å². The summed E-state index contributed by atoms with van der Waals surface area (Å²) < 4.78 is 39.2. The first-order valence-electron chi connectivity index (χ1n) is 6.56. The van der Waals surface area contributed by atoms with Crippen molar-refractivity contribution in [1.82, 2.24) is 19.8 Å². The van der Waals surface area contributed by atoms with Crippen LogP contribution in [0.3, 0.4) is 0 Å². The summed E-state index contributed by atoms with van der Waals surface area (Å²) in [7, 11) is 0. The van der Waals surface area contributed by atoms with Crippen LogP contribution >= 0.6 is 0 Å². The second-order valence-corrected chi connectivity index (χ2v) is 4.79. The molecule has 1 N–H and O–H groups in total. The van der Waals surface area contributed by atoms with Gasteiger partial charge in [-0.1, -0.05) is 30.3 Å². The summed E-state index contributed by atoms with van der Waals surface area (Å²) in [5.74, 6) is -0.826. The molecule has 2 aromatic heterocycles. The third-order valence-corrected chi connectivity index (χ3v) is 3.18. The average Bonchev–Trinajstić information content (AvgIpc) is 2.91. The van der Waals surface area contributed by atoms with Crippen molar-refractivity contribution in [3.8, 4) is 0 Å². The molecule has 0 bridgehead atoms. The number of nitrogens with one attached hydrogen (secondary N) is 1. The van der Waals surface area contributed by atoms with Gasteiger partial charge in [-0.25, -0.2) is 0 Å². The summed E-state index contributed by atoms with van der Waals surface area (Å²) >= 11 is 0. The van der Waals surface area contributed by atoms with Crippen LogP contribution in [0.1, 0.15) is 24.4 Å². The molecule has 1 aromatic carbocycles. The zero-order valence-electron chi connectivity index (χ0n) is 11.5. The Balaban J connectivity index is 1.92. The maximum Gasteiger partial charge on any atom is 0.453 e. The summed E-state index contributed by atoms with van der Waals surface area (Å²) in [5, 5.41) is 13.6. The zero-order valence-corrected chi connectivity index (χ0v) is 11.5. The molecule has 0 aliphatic rings. The molecule has 0 aliphatic carbocycles. The number of anilines is 1. The second kappa shape index (κ2) is 5.28. The highest BCUT2D eigenvalue weighted by molar-refractivity contribution is 5.45. The minimum atomic E-state index is -4.60. The molecule has 0 saturated carbocycles. The first-order valence-corrected chi connectivity index (χ1v) is 6.56. The normalized spacial score (nSPS) is 13.3. The molecule has 0 spiro atoms. The fraction of sp³-hybridized carbons (Fsp3) is 0.214. The monoisotopic (exact) mass is 307 g/mol. The Labute approximate surface area is 123 Å². The molecule has 2 heterocycles. The third kappa shape index (κ3) is 2.72. The summed E-state index contributed by atoms with van der Waals surface area (Å²) in [5.41, 5.74) is 1.05. The van der Waals surface area contributed by atoms with Crippen LogP contribution in [0.25, 0.3) is 5.65 Å². The van der Waals surface area contributed by atoms with E-state index in [1.54, 1.807) is 6.07 Å². The summed E-state index contributed by atoms with van der Waals surface area (Å²) in [6.45, 7) is 1.90.